The number of hydrogen-bond acceptors (Lipinski definition) is 5. The molecule has 2 unspecified atom stereocenters. The van der Waals surface area contributed by atoms with Crippen LogP contribution in [0.1, 0.15) is 19.4 Å². The fourth-order valence-corrected chi connectivity index (χ4v) is 3.86. The summed E-state index contributed by atoms with van der Waals surface area (Å²) < 4.78 is 0. The molecule has 0 bridgehead atoms. The molecular weight excluding hydrogens is 370 g/mol. The van der Waals surface area contributed by atoms with E-state index in [2.05, 4.69) is 0 Å². The maximum absolute atomic E-state index is 12.7. The third kappa shape index (κ3) is 5.38. The van der Waals surface area contributed by atoms with Crippen LogP contribution in [0.4, 0.5) is 0 Å². The number of carbonyl (C=O) groups is 3. The van der Waals surface area contributed by atoms with E-state index in [9.17, 15) is 19.5 Å². The molecule has 2 rings (SSSR count). The molecule has 1 amide bonds. The molecule has 5 nitrogen and oxygen atoms in total. The van der Waals surface area contributed by atoms with Gasteiger partial charge in [0.2, 0.25) is 5.91 Å². The first-order valence-electron chi connectivity index (χ1n) is 8.31. The Morgan fingerprint density at radius 3 is 2.46 bits per heavy atom. The minimum Gasteiger partial charge on any atom is -0.479 e. The molecule has 2 atom stereocenters. The Morgan fingerprint density at radius 1 is 1.27 bits per heavy atom. The average Bonchev–Trinajstić information content (AvgIpc) is 3.03. The van der Waals surface area contributed by atoms with Crippen molar-refractivity contribution in [2.45, 2.75) is 31.2 Å². The Balaban J connectivity index is 2.06. The monoisotopic (exact) mass is 393 g/mol. The number of hydrogen-bond donors (Lipinski definition) is 1. The molecule has 26 heavy (non-hydrogen) atoms. The van der Waals surface area contributed by atoms with Gasteiger partial charge in [0.15, 0.2) is 5.12 Å². The van der Waals surface area contributed by atoms with Crippen LogP contribution >= 0.6 is 23.5 Å². The van der Waals surface area contributed by atoms with E-state index in [0.29, 0.717) is 18.7 Å². The SMILES string of the molecule is CSc1ccc(CC2=CC(C(=O)O)N(C(=O)C(C)CSC(C)=O)C2)cc1. The first-order chi connectivity index (χ1) is 12.3. The van der Waals surface area contributed by atoms with Gasteiger partial charge in [0, 0.05) is 30.0 Å². The van der Waals surface area contributed by atoms with Crippen molar-refractivity contribution in [2.75, 3.05) is 18.6 Å². The molecule has 0 radical (unpaired) electrons. The quantitative estimate of drug-likeness (QED) is 0.567. The van der Waals surface area contributed by atoms with Gasteiger partial charge in [0.1, 0.15) is 6.04 Å². The minimum atomic E-state index is -1.03. The van der Waals surface area contributed by atoms with Gasteiger partial charge >= 0.3 is 5.97 Å². The number of carbonyl (C=O) groups excluding carboxylic acids is 2. The summed E-state index contributed by atoms with van der Waals surface area (Å²) in [6.45, 7) is 3.51. The standard InChI is InChI=1S/C19H23NO4S2/c1-12(11-26-13(2)21)18(22)20-10-15(9-17(20)19(23)24)8-14-4-6-16(25-3)7-5-14/h4-7,9,12,17H,8,10-11H2,1-3H3,(H,23,24). The van der Waals surface area contributed by atoms with Gasteiger partial charge in [-0.2, -0.15) is 0 Å². The predicted molar refractivity (Wildman–Crippen MR) is 105 cm³/mol. The number of carboxylic acid groups (broad SMARTS) is 1. The number of thioether (sulfide) groups is 2. The van der Waals surface area contributed by atoms with E-state index in [-0.39, 0.29) is 11.0 Å². The summed E-state index contributed by atoms with van der Waals surface area (Å²) in [5.74, 6) is -1.30. The van der Waals surface area contributed by atoms with Crippen LogP contribution in [0.3, 0.4) is 0 Å². The van der Waals surface area contributed by atoms with Crippen molar-refractivity contribution in [1.29, 1.82) is 0 Å². The van der Waals surface area contributed by atoms with Crippen LogP contribution < -0.4 is 0 Å². The van der Waals surface area contributed by atoms with Gasteiger partial charge in [-0.05, 0) is 42.0 Å². The fourth-order valence-electron chi connectivity index (χ4n) is 2.82. The maximum Gasteiger partial charge on any atom is 0.330 e. The highest BCUT2D eigenvalue weighted by Crippen LogP contribution is 2.24. The molecule has 7 heteroatoms. The smallest absolute Gasteiger partial charge is 0.330 e. The van der Waals surface area contributed by atoms with Crippen LogP contribution in [0.5, 0.6) is 0 Å². The van der Waals surface area contributed by atoms with E-state index in [1.165, 1.54) is 16.7 Å². The lowest BCUT2D eigenvalue weighted by molar-refractivity contribution is -0.148. The van der Waals surface area contributed by atoms with Crippen LogP contribution in [0, 0.1) is 5.92 Å². The normalized spacial score (nSPS) is 17.7. The van der Waals surface area contributed by atoms with Gasteiger partial charge in [0.05, 0.1) is 0 Å². The van der Waals surface area contributed by atoms with E-state index in [1.807, 2.05) is 30.5 Å². The third-order valence-electron chi connectivity index (χ3n) is 4.19. The van der Waals surface area contributed by atoms with Crippen molar-refractivity contribution in [3.05, 3.63) is 41.5 Å². The summed E-state index contributed by atoms with van der Waals surface area (Å²) in [6.07, 6.45) is 4.31. The summed E-state index contributed by atoms with van der Waals surface area (Å²) in [4.78, 5) is 37.9. The molecule has 1 aromatic carbocycles. The molecule has 0 saturated carbocycles. The van der Waals surface area contributed by atoms with Gasteiger partial charge in [-0.3, -0.25) is 9.59 Å². The Morgan fingerprint density at radius 2 is 1.92 bits per heavy atom. The number of benzene rings is 1. The molecule has 0 saturated heterocycles. The molecule has 1 N–H and O–H groups in total. The van der Waals surface area contributed by atoms with E-state index in [4.69, 9.17) is 0 Å². The summed E-state index contributed by atoms with van der Waals surface area (Å²) in [5, 5.41) is 9.44. The number of carboxylic acids is 1. The van der Waals surface area contributed by atoms with Gasteiger partial charge in [0.25, 0.3) is 0 Å². The Hall–Kier alpha value is -1.73. The third-order valence-corrected chi connectivity index (χ3v) is 6.00. The molecule has 0 aliphatic carbocycles. The highest BCUT2D eigenvalue weighted by Gasteiger charge is 2.35. The second-order valence-corrected chi connectivity index (χ2v) is 8.38. The van der Waals surface area contributed by atoms with Crippen molar-refractivity contribution >= 4 is 40.5 Å². The lowest BCUT2D eigenvalue weighted by atomic mass is 10.1. The van der Waals surface area contributed by atoms with Crippen molar-refractivity contribution in [3.63, 3.8) is 0 Å². The minimum absolute atomic E-state index is 0.0478. The highest BCUT2D eigenvalue weighted by molar-refractivity contribution is 8.13. The summed E-state index contributed by atoms with van der Waals surface area (Å²) in [6, 6.07) is 7.19. The van der Waals surface area contributed by atoms with Crippen LogP contribution in [0.2, 0.25) is 0 Å². The van der Waals surface area contributed by atoms with Crippen LogP contribution in [0.25, 0.3) is 0 Å². The molecule has 0 spiro atoms. The largest absolute Gasteiger partial charge is 0.479 e. The summed E-state index contributed by atoms with van der Waals surface area (Å²) in [7, 11) is 0. The number of nitrogens with zero attached hydrogens (tertiary/aromatic N) is 1. The van der Waals surface area contributed by atoms with Gasteiger partial charge < -0.3 is 10.0 Å². The topological polar surface area (TPSA) is 74.7 Å². The lowest BCUT2D eigenvalue weighted by Gasteiger charge is -2.25. The Kier molecular flexibility index (Phi) is 7.34. The van der Waals surface area contributed by atoms with E-state index >= 15 is 0 Å². The summed E-state index contributed by atoms with van der Waals surface area (Å²) in [5.41, 5.74) is 2.02. The molecule has 1 aromatic rings. The van der Waals surface area contributed by atoms with Crippen LogP contribution in [0.15, 0.2) is 40.8 Å². The van der Waals surface area contributed by atoms with Crippen molar-refractivity contribution < 1.29 is 19.5 Å². The lowest BCUT2D eigenvalue weighted by Crippen LogP contribution is -2.44. The first-order valence-corrected chi connectivity index (χ1v) is 10.5. The molecule has 1 aliphatic heterocycles. The Bertz CT molecular complexity index is 715. The van der Waals surface area contributed by atoms with Crippen LogP contribution in [-0.2, 0) is 20.8 Å². The second kappa shape index (κ2) is 9.28. The molecule has 1 aliphatic rings. The second-order valence-electron chi connectivity index (χ2n) is 6.30. The highest BCUT2D eigenvalue weighted by atomic mass is 32.2. The van der Waals surface area contributed by atoms with Gasteiger partial charge in [-0.25, -0.2) is 4.79 Å². The number of rotatable bonds is 7. The van der Waals surface area contributed by atoms with Crippen molar-refractivity contribution in [3.8, 4) is 0 Å². The summed E-state index contributed by atoms with van der Waals surface area (Å²) >= 11 is 2.76. The molecule has 0 aromatic heterocycles. The predicted octanol–water partition coefficient (Wildman–Crippen LogP) is 3.09. The molecule has 140 valence electrons. The van der Waals surface area contributed by atoms with Crippen LogP contribution in [-0.4, -0.2) is 51.6 Å². The molecular formula is C19H23NO4S2. The van der Waals surface area contributed by atoms with Gasteiger partial charge in [-0.15, -0.1) is 11.8 Å². The van der Waals surface area contributed by atoms with Crippen molar-refractivity contribution in [2.24, 2.45) is 5.92 Å². The fraction of sp³-hybridized carbons (Fsp3) is 0.421. The number of amides is 1. The van der Waals surface area contributed by atoms with E-state index in [0.717, 1.165) is 22.9 Å². The maximum atomic E-state index is 12.7. The van der Waals surface area contributed by atoms with Crippen molar-refractivity contribution in [1.82, 2.24) is 4.90 Å². The van der Waals surface area contributed by atoms with E-state index in [1.54, 1.807) is 24.8 Å². The zero-order valence-electron chi connectivity index (χ0n) is 15.1. The number of aliphatic carboxylic acids is 1. The molecule has 1 heterocycles. The first kappa shape index (κ1) is 20.6. The van der Waals surface area contributed by atoms with E-state index < -0.39 is 17.9 Å². The zero-order chi connectivity index (χ0) is 19.3. The Labute approximate surface area is 162 Å². The average molecular weight is 394 g/mol. The molecule has 0 fully saturated rings. The zero-order valence-corrected chi connectivity index (χ0v) is 16.7. The van der Waals surface area contributed by atoms with Gasteiger partial charge in [-0.1, -0.05) is 30.8 Å².